The smallest absolute Gasteiger partial charge is 0.187 e. The summed E-state index contributed by atoms with van der Waals surface area (Å²) in [6.45, 7) is 4.33. The van der Waals surface area contributed by atoms with Crippen molar-refractivity contribution in [1.82, 2.24) is 8.75 Å². The highest BCUT2D eigenvalue weighted by Crippen LogP contribution is 2.29. The molecule has 1 aromatic heterocycles. The molecule has 0 aromatic carbocycles. The van der Waals surface area contributed by atoms with Crippen molar-refractivity contribution in [3.8, 4) is 0 Å². The Morgan fingerprint density at radius 2 is 2.47 bits per heavy atom. The van der Waals surface area contributed by atoms with Crippen molar-refractivity contribution in [3.63, 3.8) is 0 Å². The zero-order valence-electron chi connectivity index (χ0n) is 8.65. The third-order valence-electron chi connectivity index (χ3n) is 2.51. The molecule has 2 heterocycles. The van der Waals surface area contributed by atoms with Crippen molar-refractivity contribution in [3.05, 3.63) is 5.15 Å². The highest BCUT2D eigenvalue weighted by atomic mass is 35.5. The number of hydrogen-bond acceptors (Lipinski definition) is 5. The Hall–Kier alpha value is -0.0000000000000000555. The van der Waals surface area contributed by atoms with Crippen molar-refractivity contribution in [2.45, 2.75) is 25.0 Å². The minimum atomic E-state index is 0.558. The average Bonchev–Trinajstić information content (AvgIpc) is 2.65. The maximum Gasteiger partial charge on any atom is 0.187 e. The van der Waals surface area contributed by atoms with Gasteiger partial charge < -0.3 is 4.90 Å². The molecule has 0 bridgehead atoms. The van der Waals surface area contributed by atoms with Crippen LogP contribution in [0.4, 0.5) is 5.82 Å². The predicted molar refractivity (Wildman–Crippen MR) is 68.3 cm³/mol. The maximum atomic E-state index is 5.99. The predicted octanol–water partition coefficient (Wildman–Crippen LogP) is 2.91. The Bertz CT molecular complexity index is 316. The second-order valence-corrected chi connectivity index (χ2v) is 6.01. The monoisotopic (exact) mass is 263 g/mol. The van der Waals surface area contributed by atoms with Gasteiger partial charge in [-0.2, -0.15) is 20.5 Å². The van der Waals surface area contributed by atoms with Gasteiger partial charge in [0.1, 0.15) is 0 Å². The molecule has 6 heteroatoms. The van der Waals surface area contributed by atoms with Gasteiger partial charge >= 0.3 is 0 Å². The molecule has 1 aliphatic heterocycles. The normalized spacial score (nSPS) is 22.0. The number of halogens is 1. The van der Waals surface area contributed by atoms with Gasteiger partial charge in [0.05, 0.1) is 11.7 Å². The summed E-state index contributed by atoms with van der Waals surface area (Å²) in [6, 6.07) is 0. The van der Waals surface area contributed by atoms with E-state index in [-0.39, 0.29) is 0 Å². The molecule has 0 saturated carbocycles. The molecule has 1 atom stereocenters. The van der Waals surface area contributed by atoms with Crippen molar-refractivity contribution in [1.29, 1.82) is 0 Å². The van der Waals surface area contributed by atoms with Crippen molar-refractivity contribution in [2.75, 3.05) is 23.7 Å². The number of anilines is 1. The van der Waals surface area contributed by atoms with Crippen LogP contribution in [0.15, 0.2) is 0 Å². The first kappa shape index (κ1) is 11.5. The van der Waals surface area contributed by atoms with Crippen LogP contribution in [-0.2, 0) is 0 Å². The van der Waals surface area contributed by atoms with Gasteiger partial charge in [-0.3, -0.25) is 0 Å². The van der Waals surface area contributed by atoms with Crippen molar-refractivity contribution in [2.24, 2.45) is 0 Å². The first-order valence-corrected chi connectivity index (χ1v) is 7.31. The average molecular weight is 264 g/mol. The lowest BCUT2D eigenvalue weighted by Crippen LogP contribution is -2.37. The standard InChI is InChI=1S/C9H14ClN3S2/c1-2-14-7-4-3-5-13(6-7)9-8(10)11-15-12-9/h7H,2-6H2,1H3. The quantitative estimate of drug-likeness (QED) is 0.839. The van der Waals surface area contributed by atoms with E-state index in [1.54, 1.807) is 0 Å². The topological polar surface area (TPSA) is 29.0 Å². The summed E-state index contributed by atoms with van der Waals surface area (Å²) in [5, 5.41) is 1.28. The van der Waals surface area contributed by atoms with Gasteiger partial charge in [-0.25, -0.2) is 0 Å². The van der Waals surface area contributed by atoms with Crippen LogP contribution in [0.2, 0.25) is 5.15 Å². The lowest BCUT2D eigenvalue weighted by Gasteiger charge is -2.32. The van der Waals surface area contributed by atoms with Crippen LogP contribution < -0.4 is 4.90 Å². The number of nitrogens with zero attached hydrogens (tertiary/aromatic N) is 3. The molecule has 0 amide bonds. The largest absolute Gasteiger partial charge is 0.352 e. The lowest BCUT2D eigenvalue weighted by atomic mass is 10.1. The third-order valence-corrected chi connectivity index (χ3v) is 4.57. The molecule has 2 rings (SSSR count). The van der Waals surface area contributed by atoms with Crippen LogP contribution in [0.3, 0.4) is 0 Å². The van der Waals surface area contributed by atoms with E-state index < -0.39 is 0 Å². The Kier molecular flexibility index (Phi) is 4.11. The molecule has 84 valence electrons. The molecule has 1 aliphatic rings. The van der Waals surface area contributed by atoms with E-state index in [2.05, 4.69) is 20.6 Å². The molecule has 3 nitrogen and oxygen atoms in total. The zero-order chi connectivity index (χ0) is 10.7. The maximum absolute atomic E-state index is 5.99. The fraction of sp³-hybridized carbons (Fsp3) is 0.778. The Balaban J connectivity index is 2.01. The molecule has 1 fully saturated rings. The first-order chi connectivity index (χ1) is 7.31. The molecule has 1 unspecified atom stereocenters. The van der Waals surface area contributed by atoms with Crippen LogP contribution in [0, 0.1) is 0 Å². The fourth-order valence-corrected chi connectivity index (χ4v) is 3.73. The van der Waals surface area contributed by atoms with Crippen LogP contribution in [0.1, 0.15) is 19.8 Å². The summed E-state index contributed by atoms with van der Waals surface area (Å²) in [7, 11) is 0. The Labute approximate surface area is 104 Å². The fourth-order valence-electron chi connectivity index (χ4n) is 1.86. The van der Waals surface area contributed by atoms with Gasteiger partial charge in [0.15, 0.2) is 11.0 Å². The summed E-state index contributed by atoms with van der Waals surface area (Å²) >= 11 is 9.21. The Morgan fingerprint density at radius 3 is 3.13 bits per heavy atom. The van der Waals surface area contributed by atoms with E-state index in [0.717, 1.165) is 24.2 Å². The highest BCUT2D eigenvalue weighted by molar-refractivity contribution is 7.99. The van der Waals surface area contributed by atoms with Gasteiger partial charge in [-0.15, -0.1) is 0 Å². The van der Waals surface area contributed by atoms with Gasteiger partial charge in [0.25, 0.3) is 0 Å². The number of aromatic nitrogens is 2. The second kappa shape index (κ2) is 5.37. The van der Waals surface area contributed by atoms with Crippen LogP contribution in [0.5, 0.6) is 0 Å². The highest BCUT2D eigenvalue weighted by Gasteiger charge is 2.23. The van der Waals surface area contributed by atoms with Gasteiger partial charge in [-0.05, 0) is 18.6 Å². The van der Waals surface area contributed by atoms with Gasteiger partial charge in [0, 0.05) is 18.3 Å². The summed E-state index contributed by atoms with van der Waals surface area (Å²) in [5.74, 6) is 2.06. The van der Waals surface area contributed by atoms with E-state index in [9.17, 15) is 0 Å². The third kappa shape index (κ3) is 2.77. The van der Waals surface area contributed by atoms with E-state index in [0.29, 0.717) is 5.15 Å². The van der Waals surface area contributed by atoms with Crippen LogP contribution >= 0.6 is 35.1 Å². The zero-order valence-corrected chi connectivity index (χ0v) is 11.0. The summed E-state index contributed by atoms with van der Waals surface area (Å²) in [5.41, 5.74) is 0. The molecule has 0 spiro atoms. The molecular formula is C9H14ClN3S2. The van der Waals surface area contributed by atoms with E-state index in [4.69, 9.17) is 11.6 Å². The second-order valence-electron chi connectivity index (χ2n) is 3.54. The van der Waals surface area contributed by atoms with Gasteiger partial charge in [0.2, 0.25) is 0 Å². The summed E-state index contributed by atoms with van der Waals surface area (Å²) < 4.78 is 8.26. The van der Waals surface area contributed by atoms with E-state index in [1.165, 1.54) is 30.3 Å². The summed E-state index contributed by atoms with van der Waals surface area (Å²) in [6.07, 6.45) is 2.54. The summed E-state index contributed by atoms with van der Waals surface area (Å²) in [4.78, 5) is 2.27. The lowest BCUT2D eigenvalue weighted by molar-refractivity contribution is 0.587. The molecule has 15 heavy (non-hydrogen) atoms. The first-order valence-electron chi connectivity index (χ1n) is 5.16. The number of rotatable bonds is 3. The molecule has 0 radical (unpaired) electrons. The van der Waals surface area contributed by atoms with E-state index in [1.807, 2.05) is 11.8 Å². The minimum absolute atomic E-state index is 0.558. The molecule has 1 aromatic rings. The van der Waals surface area contributed by atoms with Crippen LogP contribution in [0.25, 0.3) is 0 Å². The Morgan fingerprint density at radius 1 is 1.60 bits per heavy atom. The SMILES string of the molecule is CCSC1CCCN(c2nsnc2Cl)C1. The van der Waals surface area contributed by atoms with Crippen LogP contribution in [-0.4, -0.2) is 32.8 Å². The number of hydrogen-bond donors (Lipinski definition) is 0. The molecule has 0 aliphatic carbocycles. The molecular weight excluding hydrogens is 250 g/mol. The van der Waals surface area contributed by atoms with Crippen molar-refractivity contribution < 1.29 is 0 Å². The number of thioether (sulfide) groups is 1. The molecule has 0 N–H and O–H groups in total. The number of piperidine rings is 1. The minimum Gasteiger partial charge on any atom is -0.352 e. The van der Waals surface area contributed by atoms with E-state index >= 15 is 0 Å². The molecule has 1 saturated heterocycles. The van der Waals surface area contributed by atoms with Crippen molar-refractivity contribution >= 4 is 40.9 Å². The van der Waals surface area contributed by atoms with Gasteiger partial charge in [-0.1, -0.05) is 18.5 Å².